The third-order valence-corrected chi connectivity index (χ3v) is 2.04. The molecule has 13 heavy (non-hydrogen) atoms. The van der Waals surface area contributed by atoms with Gasteiger partial charge in [0, 0.05) is 17.7 Å². The second-order valence-electron chi connectivity index (χ2n) is 3.44. The van der Waals surface area contributed by atoms with Crippen LogP contribution in [-0.2, 0) is 0 Å². The first-order valence-corrected chi connectivity index (χ1v) is 4.23. The molecule has 0 aliphatic heterocycles. The van der Waals surface area contributed by atoms with E-state index in [0.29, 0.717) is 5.56 Å². The van der Waals surface area contributed by atoms with Crippen LogP contribution in [-0.4, -0.2) is 0 Å². The molecule has 0 saturated heterocycles. The Hall–Kier alpha value is -0.960. The first kappa shape index (κ1) is 10.1. The number of rotatable bonds is 2. The van der Waals surface area contributed by atoms with Crippen molar-refractivity contribution in [2.45, 2.75) is 19.9 Å². The van der Waals surface area contributed by atoms with Gasteiger partial charge in [-0.25, -0.2) is 8.78 Å². The molecule has 1 nitrogen and oxygen atoms in total. The zero-order valence-electron chi connectivity index (χ0n) is 7.72. The Kier molecular flexibility index (Phi) is 2.98. The third-order valence-electron chi connectivity index (χ3n) is 2.04. The van der Waals surface area contributed by atoms with Gasteiger partial charge >= 0.3 is 0 Å². The highest BCUT2D eigenvalue weighted by Crippen LogP contribution is 2.21. The Morgan fingerprint density at radius 2 is 1.85 bits per heavy atom. The van der Waals surface area contributed by atoms with Crippen molar-refractivity contribution in [2.24, 2.45) is 11.7 Å². The van der Waals surface area contributed by atoms with E-state index in [1.165, 1.54) is 12.1 Å². The summed E-state index contributed by atoms with van der Waals surface area (Å²) in [5.41, 5.74) is 6.10. The summed E-state index contributed by atoms with van der Waals surface area (Å²) < 4.78 is 25.7. The number of halogens is 2. The van der Waals surface area contributed by atoms with Gasteiger partial charge in [-0.15, -0.1) is 0 Å². The van der Waals surface area contributed by atoms with Crippen LogP contribution >= 0.6 is 0 Å². The Labute approximate surface area is 76.6 Å². The van der Waals surface area contributed by atoms with Crippen LogP contribution < -0.4 is 5.73 Å². The van der Waals surface area contributed by atoms with Crippen LogP contribution in [0.15, 0.2) is 18.2 Å². The average molecular weight is 185 g/mol. The molecule has 0 bridgehead atoms. The molecule has 3 heteroatoms. The highest BCUT2D eigenvalue weighted by molar-refractivity contribution is 5.22. The lowest BCUT2D eigenvalue weighted by atomic mass is 9.97. The van der Waals surface area contributed by atoms with Crippen LogP contribution in [0, 0.1) is 17.6 Å². The first-order valence-electron chi connectivity index (χ1n) is 4.23. The van der Waals surface area contributed by atoms with Gasteiger partial charge in [-0.1, -0.05) is 19.9 Å². The summed E-state index contributed by atoms with van der Waals surface area (Å²) in [6, 6.07) is 3.11. The van der Waals surface area contributed by atoms with E-state index in [1.54, 1.807) is 0 Å². The first-order chi connectivity index (χ1) is 6.02. The lowest BCUT2D eigenvalue weighted by Gasteiger charge is -2.16. The van der Waals surface area contributed by atoms with E-state index in [2.05, 4.69) is 0 Å². The standard InChI is InChI=1S/C10H13F2N/c1-6(2)10(13)8-4-3-7(11)5-9(8)12/h3-6,10H,13H2,1-2H3. The van der Waals surface area contributed by atoms with Crippen molar-refractivity contribution < 1.29 is 8.78 Å². The molecule has 0 spiro atoms. The van der Waals surface area contributed by atoms with E-state index in [4.69, 9.17) is 5.73 Å². The fourth-order valence-electron chi connectivity index (χ4n) is 1.13. The molecule has 0 heterocycles. The minimum Gasteiger partial charge on any atom is -0.324 e. The van der Waals surface area contributed by atoms with Crippen molar-refractivity contribution in [1.29, 1.82) is 0 Å². The quantitative estimate of drug-likeness (QED) is 0.753. The molecular formula is C10H13F2N. The SMILES string of the molecule is CC(C)C(N)c1ccc(F)cc1F. The molecular weight excluding hydrogens is 172 g/mol. The molecule has 0 aliphatic carbocycles. The Bertz CT molecular complexity index is 297. The zero-order chi connectivity index (χ0) is 10.0. The van der Waals surface area contributed by atoms with Gasteiger partial charge in [0.1, 0.15) is 11.6 Å². The fourth-order valence-corrected chi connectivity index (χ4v) is 1.13. The maximum atomic E-state index is 13.1. The van der Waals surface area contributed by atoms with Gasteiger partial charge < -0.3 is 5.73 Å². The van der Waals surface area contributed by atoms with Crippen molar-refractivity contribution in [3.63, 3.8) is 0 Å². The van der Waals surface area contributed by atoms with E-state index in [-0.39, 0.29) is 12.0 Å². The topological polar surface area (TPSA) is 26.0 Å². The normalized spacial score (nSPS) is 13.4. The van der Waals surface area contributed by atoms with E-state index in [9.17, 15) is 8.78 Å². The van der Waals surface area contributed by atoms with Crippen molar-refractivity contribution in [3.05, 3.63) is 35.4 Å². The summed E-state index contributed by atoms with van der Waals surface area (Å²) >= 11 is 0. The third kappa shape index (κ3) is 2.25. The van der Waals surface area contributed by atoms with Crippen LogP contribution in [0.3, 0.4) is 0 Å². The second-order valence-corrected chi connectivity index (χ2v) is 3.44. The summed E-state index contributed by atoms with van der Waals surface area (Å²) in [5, 5.41) is 0. The predicted octanol–water partition coefficient (Wildman–Crippen LogP) is 2.62. The molecule has 0 fully saturated rings. The van der Waals surface area contributed by atoms with Crippen LogP contribution in [0.1, 0.15) is 25.5 Å². The maximum absolute atomic E-state index is 13.1. The van der Waals surface area contributed by atoms with Gasteiger partial charge in [0.15, 0.2) is 0 Å². The van der Waals surface area contributed by atoms with Crippen LogP contribution in [0.5, 0.6) is 0 Å². The van der Waals surface area contributed by atoms with Crippen LogP contribution in [0.4, 0.5) is 8.78 Å². The van der Waals surface area contributed by atoms with Crippen molar-refractivity contribution >= 4 is 0 Å². The minimum atomic E-state index is -0.572. The molecule has 0 aliphatic rings. The molecule has 1 atom stereocenters. The van der Waals surface area contributed by atoms with E-state index >= 15 is 0 Å². The van der Waals surface area contributed by atoms with Gasteiger partial charge in [0.05, 0.1) is 0 Å². The van der Waals surface area contributed by atoms with Crippen molar-refractivity contribution in [3.8, 4) is 0 Å². The zero-order valence-corrected chi connectivity index (χ0v) is 7.72. The Balaban J connectivity index is 3.01. The van der Waals surface area contributed by atoms with Crippen LogP contribution in [0.25, 0.3) is 0 Å². The largest absolute Gasteiger partial charge is 0.324 e. The predicted molar refractivity (Wildman–Crippen MR) is 48.1 cm³/mol. The summed E-state index contributed by atoms with van der Waals surface area (Å²) in [6.07, 6.45) is 0. The molecule has 1 unspecified atom stereocenters. The highest BCUT2D eigenvalue weighted by Gasteiger charge is 2.14. The molecule has 2 N–H and O–H groups in total. The van der Waals surface area contributed by atoms with Crippen molar-refractivity contribution in [2.75, 3.05) is 0 Å². The Morgan fingerprint density at radius 3 is 2.31 bits per heavy atom. The highest BCUT2D eigenvalue weighted by atomic mass is 19.1. The number of benzene rings is 1. The average Bonchev–Trinajstić information content (AvgIpc) is 2.03. The molecule has 0 aromatic heterocycles. The van der Waals surface area contributed by atoms with E-state index < -0.39 is 11.6 Å². The molecule has 1 rings (SSSR count). The molecule has 0 saturated carbocycles. The van der Waals surface area contributed by atoms with Crippen LogP contribution in [0.2, 0.25) is 0 Å². The van der Waals surface area contributed by atoms with Gasteiger partial charge in [0.2, 0.25) is 0 Å². The number of hydrogen-bond donors (Lipinski definition) is 1. The van der Waals surface area contributed by atoms with E-state index in [1.807, 2.05) is 13.8 Å². The monoisotopic (exact) mass is 185 g/mol. The van der Waals surface area contributed by atoms with Crippen molar-refractivity contribution in [1.82, 2.24) is 0 Å². The molecule has 1 aromatic carbocycles. The lowest BCUT2D eigenvalue weighted by molar-refractivity contribution is 0.480. The Morgan fingerprint density at radius 1 is 1.23 bits per heavy atom. The summed E-state index contributed by atoms with van der Waals surface area (Å²) in [7, 11) is 0. The summed E-state index contributed by atoms with van der Waals surface area (Å²) in [5.74, 6) is -1.00. The maximum Gasteiger partial charge on any atom is 0.130 e. The number of hydrogen-bond acceptors (Lipinski definition) is 1. The summed E-state index contributed by atoms with van der Waals surface area (Å²) in [6.45, 7) is 3.79. The fraction of sp³-hybridized carbons (Fsp3) is 0.400. The van der Waals surface area contributed by atoms with E-state index in [0.717, 1.165) is 6.07 Å². The number of nitrogens with two attached hydrogens (primary N) is 1. The lowest BCUT2D eigenvalue weighted by Crippen LogP contribution is -2.18. The smallest absolute Gasteiger partial charge is 0.130 e. The molecule has 0 radical (unpaired) electrons. The molecule has 1 aromatic rings. The van der Waals surface area contributed by atoms with Gasteiger partial charge in [0.25, 0.3) is 0 Å². The molecule has 0 amide bonds. The van der Waals surface area contributed by atoms with Gasteiger partial charge in [-0.05, 0) is 12.0 Å². The van der Waals surface area contributed by atoms with Gasteiger partial charge in [-0.3, -0.25) is 0 Å². The second kappa shape index (κ2) is 3.83. The minimum absolute atomic E-state index is 0.139. The summed E-state index contributed by atoms with van der Waals surface area (Å²) in [4.78, 5) is 0. The van der Waals surface area contributed by atoms with Gasteiger partial charge in [-0.2, -0.15) is 0 Å². The molecule has 72 valence electrons.